The van der Waals surface area contributed by atoms with Crippen LogP contribution in [0.4, 0.5) is 17.1 Å². The predicted octanol–water partition coefficient (Wildman–Crippen LogP) is 8.31. The van der Waals surface area contributed by atoms with Crippen LogP contribution in [-0.4, -0.2) is 57.7 Å². The molecule has 5 rings (SSSR count). The molecule has 1 aromatic heterocycles. The fraction of sp³-hybridized carbons (Fsp3) is 0.405. The monoisotopic (exact) mass is 714 g/mol. The highest BCUT2D eigenvalue weighted by molar-refractivity contribution is 6.66. The first-order valence-electron chi connectivity index (χ1n) is 18.3. The quantitative estimate of drug-likeness (QED) is 0.122. The molecule has 1 aliphatic heterocycles. The fourth-order valence-electron chi connectivity index (χ4n) is 6.00. The summed E-state index contributed by atoms with van der Waals surface area (Å²) in [7, 11) is 0. The number of nitriles is 1. The number of aldehydes is 1. The minimum atomic E-state index is -0.736. The van der Waals surface area contributed by atoms with Crippen LogP contribution < -0.4 is 15.0 Å². The van der Waals surface area contributed by atoms with Crippen LogP contribution in [0.5, 0.6) is 5.75 Å². The number of hydrogen-bond acceptors (Lipinski definition) is 9. The number of amides is 1. The SMILES string of the molecule is CCN(CCC#N)c1ccc(N=C2C(C=O)=Nn3nc(-c4ccc(NC(=O)C(C)Oc5ccc(C(C)(C)CC)cc5C(C)(C)CC)cc4)nc32)c(C)c1. The number of fused-ring (bicyclic) bond motifs is 1. The second kappa shape index (κ2) is 15.9. The van der Waals surface area contributed by atoms with E-state index in [0.29, 0.717) is 53.6 Å². The highest BCUT2D eigenvalue weighted by atomic mass is 16.5. The number of carbonyl (C=O) groups is 2. The summed E-state index contributed by atoms with van der Waals surface area (Å²) in [5.41, 5.74) is 6.61. The number of nitrogens with zero attached hydrogens (tertiary/aromatic N) is 7. The molecule has 1 unspecified atom stereocenters. The number of ether oxygens (including phenoxy) is 1. The molecule has 0 bridgehead atoms. The summed E-state index contributed by atoms with van der Waals surface area (Å²) in [4.78, 5) is 38.2. The summed E-state index contributed by atoms with van der Waals surface area (Å²) in [6.07, 6.45) is 2.29. The largest absolute Gasteiger partial charge is 0.481 e. The molecule has 1 N–H and O–H groups in total. The Morgan fingerprint density at radius 2 is 1.75 bits per heavy atom. The van der Waals surface area contributed by atoms with Crippen LogP contribution >= 0.6 is 0 Å². The van der Waals surface area contributed by atoms with Crippen LogP contribution in [0.25, 0.3) is 11.4 Å². The number of aliphatic imine (C=N–C) groups is 1. The van der Waals surface area contributed by atoms with Crippen molar-refractivity contribution in [3.05, 3.63) is 83.2 Å². The molecule has 11 nitrogen and oxygen atoms in total. The molecule has 53 heavy (non-hydrogen) atoms. The molecule has 1 atom stereocenters. The second-order valence-electron chi connectivity index (χ2n) is 14.7. The van der Waals surface area contributed by atoms with Gasteiger partial charge in [-0.2, -0.15) is 5.26 Å². The standard InChI is InChI=1S/C42H50N8O3/c1-10-41(6,7)30-16-21-36(33(25-30)42(8,9)11-2)53-28(5)40(52)44-31-17-14-29(15-18-31)38-46-39-37(35(26-51)47-50(39)48-38)45-34-20-19-32(24-27(34)4)49(12-3)23-13-22-43/h14-21,24-26,28H,10-13,23H2,1-9H3,(H,44,52). The molecule has 276 valence electrons. The molecule has 2 heterocycles. The van der Waals surface area contributed by atoms with Gasteiger partial charge in [-0.1, -0.05) is 53.7 Å². The Labute approximate surface area is 312 Å². The maximum absolute atomic E-state index is 13.3. The first-order chi connectivity index (χ1) is 25.2. The number of aromatic nitrogens is 3. The summed E-state index contributed by atoms with van der Waals surface area (Å²) in [5, 5.41) is 20.8. The predicted molar refractivity (Wildman–Crippen MR) is 212 cm³/mol. The number of carbonyl (C=O) groups excluding carboxylic acids is 2. The number of hydrogen-bond donors (Lipinski definition) is 1. The van der Waals surface area contributed by atoms with Gasteiger partial charge in [0.25, 0.3) is 5.91 Å². The zero-order valence-corrected chi connectivity index (χ0v) is 32.3. The third-order valence-electron chi connectivity index (χ3n) is 10.4. The van der Waals surface area contributed by atoms with Crippen LogP contribution in [0, 0.1) is 18.3 Å². The van der Waals surface area contributed by atoms with Crippen molar-refractivity contribution in [3.63, 3.8) is 0 Å². The van der Waals surface area contributed by atoms with Crippen molar-refractivity contribution in [3.8, 4) is 23.2 Å². The van der Waals surface area contributed by atoms with E-state index in [2.05, 4.69) is 85.1 Å². The Kier molecular flexibility index (Phi) is 11.6. The van der Waals surface area contributed by atoms with Crippen molar-refractivity contribution in [2.24, 2.45) is 10.1 Å². The second-order valence-corrected chi connectivity index (χ2v) is 14.7. The summed E-state index contributed by atoms with van der Waals surface area (Å²) in [5.74, 6) is 1.21. The van der Waals surface area contributed by atoms with Gasteiger partial charge in [0.2, 0.25) is 5.82 Å². The maximum atomic E-state index is 13.3. The smallest absolute Gasteiger partial charge is 0.265 e. The Bertz CT molecular complexity index is 2090. The van der Waals surface area contributed by atoms with Gasteiger partial charge in [-0.15, -0.1) is 15.0 Å². The van der Waals surface area contributed by atoms with E-state index in [4.69, 9.17) is 15.0 Å². The van der Waals surface area contributed by atoms with Crippen molar-refractivity contribution in [2.45, 2.75) is 98.5 Å². The minimum Gasteiger partial charge on any atom is -0.481 e. The molecule has 0 saturated carbocycles. The van der Waals surface area contributed by atoms with E-state index in [1.165, 1.54) is 10.4 Å². The molecular weight excluding hydrogens is 665 g/mol. The summed E-state index contributed by atoms with van der Waals surface area (Å²) >= 11 is 0. The van der Waals surface area contributed by atoms with Gasteiger partial charge >= 0.3 is 0 Å². The molecular formula is C42H50N8O3. The number of benzene rings is 3. The molecule has 1 amide bonds. The first kappa shape index (κ1) is 38.6. The molecule has 1 aliphatic rings. The molecule has 11 heteroatoms. The molecule has 0 aliphatic carbocycles. The van der Waals surface area contributed by atoms with Gasteiger partial charge in [0.1, 0.15) is 11.5 Å². The number of aryl methyl sites for hydroxylation is 1. The zero-order valence-electron chi connectivity index (χ0n) is 32.3. The van der Waals surface area contributed by atoms with Crippen molar-refractivity contribution in [2.75, 3.05) is 23.3 Å². The van der Waals surface area contributed by atoms with Crippen LogP contribution in [-0.2, 0) is 20.4 Å². The molecule has 0 fully saturated rings. The third kappa shape index (κ3) is 8.38. The molecule has 0 saturated heterocycles. The molecule has 0 radical (unpaired) electrons. The van der Waals surface area contributed by atoms with Gasteiger partial charge in [0.05, 0.1) is 18.2 Å². The Morgan fingerprint density at radius 3 is 2.38 bits per heavy atom. The van der Waals surface area contributed by atoms with Crippen LogP contribution in [0.15, 0.2) is 70.8 Å². The lowest BCUT2D eigenvalue weighted by Gasteiger charge is -2.31. The maximum Gasteiger partial charge on any atom is 0.265 e. The first-order valence-corrected chi connectivity index (χ1v) is 18.3. The van der Waals surface area contributed by atoms with E-state index in [0.717, 1.165) is 42.0 Å². The van der Waals surface area contributed by atoms with E-state index in [-0.39, 0.29) is 22.4 Å². The van der Waals surface area contributed by atoms with E-state index in [1.807, 2.05) is 50.2 Å². The highest BCUT2D eigenvalue weighted by Crippen LogP contribution is 2.39. The van der Waals surface area contributed by atoms with E-state index >= 15 is 0 Å². The Morgan fingerprint density at radius 1 is 1.04 bits per heavy atom. The zero-order chi connectivity index (χ0) is 38.5. The summed E-state index contributed by atoms with van der Waals surface area (Å²) in [6.45, 7) is 20.4. The van der Waals surface area contributed by atoms with Gasteiger partial charge in [0.15, 0.2) is 23.9 Å². The van der Waals surface area contributed by atoms with Gasteiger partial charge in [-0.25, -0.2) is 9.98 Å². The molecule has 0 spiro atoms. The Hall–Kier alpha value is -5.63. The molecule has 3 aromatic carbocycles. The van der Waals surface area contributed by atoms with Gasteiger partial charge in [-0.3, -0.25) is 9.59 Å². The van der Waals surface area contributed by atoms with E-state index in [9.17, 15) is 9.59 Å². The summed E-state index contributed by atoms with van der Waals surface area (Å²) < 4.78 is 6.31. The third-order valence-corrected chi connectivity index (χ3v) is 10.4. The number of anilines is 2. The average molecular weight is 715 g/mol. The van der Waals surface area contributed by atoms with Crippen LogP contribution in [0.3, 0.4) is 0 Å². The topological polar surface area (TPSA) is 138 Å². The highest BCUT2D eigenvalue weighted by Gasteiger charge is 2.30. The Balaban J connectivity index is 1.31. The average Bonchev–Trinajstić information content (AvgIpc) is 3.71. The number of rotatable bonds is 15. The van der Waals surface area contributed by atoms with Crippen molar-refractivity contribution >= 4 is 40.7 Å². The normalized spacial score (nSPS) is 14.0. The van der Waals surface area contributed by atoms with Crippen molar-refractivity contribution in [1.29, 1.82) is 5.26 Å². The molecule has 4 aromatic rings. The van der Waals surface area contributed by atoms with Gasteiger partial charge in [-0.05, 0) is 104 Å². The number of nitrogens with one attached hydrogen (secondary N) is 1. The van der Waals surface area contributed by atoms with E-state index in [1.54, 1.807) is 19.1 Å². The summed E-state index contributed by atoms with van der Waals surface area (Å²) in [6, 6.07) is 21.6. The van der Waals surface area contributed by atoms with Crippen LogP contribution in [0.2, 0.25) is 0 Å². The van der Waals surface area contributed by atoms with Gasteiger partial charge < -0.3 is 15.0 Å². The van der Waals surface area contributed by atoms with Gasteiger partial charge in [0, 0.05) is 35.6 Å². The van der Waals surface area contributed by atoms with Crippen LogP contribution in [0.1, 0.15) is 97.2 Å². The fourth-order valence-corrected chi connectivity index (χ4v) is 6.00. The van der Waals surface area contributed by atoms with E-state index < -0.39 is 6.10 Å². The van der Waals surface area contributed by atoms with Crippen molar-refractivity contribution < 1.29 is 14.3 Å². The lowest BCUT2D eigenvalue weighted by molar-refractivity contribution is -0.122. The minimum absolute atomic E-state index is 0.0314. The lowest BCUT2D eigenvalue weighted by atomic mass is 9.76. The lowest BCUT2D eigenvalue weighted by Crippen LogP contribution is -2.31. The van der Waals surface area contributed by atoms with Crippen molar-refractivity contribution in [1.82, 2.24) is 14.9 Å².